The number of benzene rings is 1. The summed E-state index contributed by atoms with van der Waals surface area (Å²) in [5, 5.41) is 7.93. The van der Waals surface area contributed by atoms with E-state index in [1.165, 1.54) is 32.1 Å². The SMILES string of the molecule is Cc1nc(N)ccc1CNC(=O)[C@]12C[C@H]1CCCN2C(=O)[C@@H](CC1CCCCC1)NCc1ccnc2ccccc12. The molecule has 2 aliphatic carbocycles. The van der Waals surface area contributed by atoms with E-state index in [2.05, 4.69) is 26.7 Å². The van der Waals surface area contributed by atoms with Crippen LogP contribution < -0.4 is 16.4 Å². The second-order valence-electron chi connectivity index (χ2n) is 12.3. The van der Waals surface area contributed by atoms with Gasteiger partial charge in [-0.15, -0.1) is 0 Å². The average Bonchev–Trinajstić information content (AvgIpc) is 3.75. The quantitative estimate of drug-likeness (QED) is 0.355. The number of para-hydroxylation sites is 1. The Hall–Kier alpha value is -3.52. The molecule has 216 valence electrons. The summed E-state index contributed by atoms with van der Waals surface area (Å²) < 4.78 is 0. The fraction of sp³-hybridized carbons (Fsp3) is 0.515. The molecule has 0 unspecified atom stereocenters. The molecule has 3 atom stereocenters. The number of nitrogens with one attached hydrogen (secondary N) is 2. The zero-order valence-electron chi connectivity index (χ0n) is 24.1. The fourth-order valence-corrected chi connectivity index (χ4v) is 7.27. The molecule has 8 nitrogen and oxygen atoms in total. The number of pyridine rings is 2. The number of piperidine rings is 1. The zero-order valence-corrected chi connectivity index (χ0v) is 24.1. The highest BCUT2D eigenvalue weighted by molar-refractivity contribution is 5.96. The molecule has 1 saturated heterocycles. The van der Waals surface area contributed by atoms with E-state index in [1.807, 2.05) is 48.4 Å². The van der Waals surface area contributed by atoms with Crippen LogP contribution in [0.1, 0.15) is 74.6 Å². The Morgan fingerprint density at radius 3 is 2.68 bits per heavy atom. The number of likely N-dealkylation sites (tertiary alicyclic amines) is 1. The summed E-state index contributed by atoms with van der Waals surface area (Å²) >= 11 is 0. The largest absolute Gasteiger partial charge is 0.384 e. The van der Waals surface area contributed by atoms with Gasteiger partial charge in [0, 0.05) is 36.9 Å². The number of amides is 2. The van der Waals surface area contributed by atoms with Gasteiger partial charge >= 0.3 is 0 Å². The van der Waals surface area contributed by atoms with E-state index < -0.39 is 5.54 Å². The Balaban J connectivity index is 1.21. The molecule has 3 heterocycles. The molecule has 3 fully saturated rings. The maximum Gasteiger partial charge on any atom is 0.246 e. The zero-order chi connectivity index (χ0) is 28.4. The van der Waals surface area contributed by atoms with Gasteiger partial charge in [-0.1, -0.05) is 56.4 Å². The van der Waals surface area contributed by atoms with E-state index in [0.29, 0.717) is 31.4 Å². The number of anilines is 1. The minimum Gasteiger partial charge on any atom is -0.384 e. The molecular weight excluding hydrogens is 512 g/mol. The van der Waals surface area contributed by atoms with Crippen LogP contribution in [0.4, 0.5) is 5.82 Å². The number of aromatic nitrogens is 2. The lowest BCUT2D eigenvalue weighted by atomic mass is 9.84. The number of aryl methyl sites for hydroxylation is 1. The summed E-state index contributed by atoms with van der Waals surface area (Å²) in [5.74, 6) is 1.27. The van der Waals surface area contributed by atoms with Crippen LogP contribution in [-0.2, 0) is 22.7 Å². The minimum absolute atomic E-state index is 0.0386. The van der Waals surface area contributed by atoms with Crippen molar-refractivity contribution in [3.63, 3.8) is 0 Å². The van der Waals surface area contributed by atoms with Gasteiger partial charge in [0.1, 0.15) is 11.4 Å². The van der Waals surface area contributed by atoms with E-state index in [-0.39, 0.29) is 23.8 Å². The molecular formula is C33H42N6O2. The number of nitrogen functional groups attached to an aromatic ring is 1. The van der Waals surface area contributed by atoms with Gasteiger partial charge < -0.3 is 21.3 Å². The average molecular weight is 555 g/mol. The summed E-state index contributed by atoms with van der Waals surface area (Å²) in [6.07, 6.45) is 11.4. The van der Waals surface area contributed by atoms with Gasteiger partial charge in [0.25, 0.3) is 0 Å². The van der Waals surface area contributed by atoms with Crippen molar-refractivity contribution >= 4 is 28.5 Å². The molecule has 3 aromatic rings. The molecule has 6 rings (SSSR count). The summed E-state index contributed by atoms with van der Waals surface area (Å²) in [7, 11) is 0. The van der Waals surface area contributed by atoms with Crippen LogP contribution >= 0.6 is 0 Å². The number of carbonyl (C=O) groups excluding carboxylic acids is 2. The maximum atomic E-state index is 14.4. The first-order valence-corrected chi connectivity index (χ1v) is 15.3. The third-order valence-corrected chi connectivity index (χ3v) is 9.67. The molecule has 2 amide bonds. The van der Waals surface area contributed by atoms with Crippen molar-refractivity contribution in [1.82, 2.24) is 25.5 Å². The summed E-state index contributed by atoms with van der Waals surface area (Å²) in [6, 6.07) is 13.5. The summed E-state index contributed by atoms with van der Waals surface area (Å²) in [4.78, 5) is 39.0. The molecule has 41 heavy (non-hydrogen) atoms. The number of hydrogen-bond acceptors (Lipinski definition) is 6. The maximum absolute atomic E-state index is 14.4. The summed E-state index contributed by atoms with van der Waals surface area (Å²) in [6.45, 7) is 3.51. The normalized spacial score (nSPS) is 23.1. The lowest BCUT2D eigenvalue weighted by Crippen LogP contribution is -2.59. The van der Waals surface area contributed by atoms with Gasteiger partial charge in [0.05, 0.1) is 11.6 Å². The topological polar surface area (TPSA) is 113 Å². The molecule has 1 aromatic carbocycles. The number of carbonyl (C=O) groups is 2. The van der Waals surface area contributed by atoms with Gasteiger partial charge in [-0.2, -0.15) is 0 Å². The predicted octanol–water partition coefficient (Wildman–Crippen LogP) is 4.65. The van der Waals surface area contributed by atoms with E-state index in [4.69, 9.17) is 5.73 Å². The highest BCUT2D eigenvalue weighted by Gasteiger charge is 2.66. The van der Waals surface area contributed by atoms with Crippen molar-refractivity contribution in [2.45, 2.75) is 89.4 Å². The second-order valence-corrected chi connectivity index (χ2v) is 12.3. The Bertz CT molecular complexity index is 1410. The van der Waals surface area contributed by atoms with Crippen molar-refractivity contribution in [1.29, 1.82) is 0 Å². The van der Waals surface area contributed by atoms with Crippen molar-refractivity contribution < 1.29 is 9.59 Å². The molecule has 1 aliphatic heterocycles. The third kappa shape index (κ3) is 5.67. The molecule has 2 saturated carbocycles. The van der Waals surface area contributed by atoms with Crippen LogP contribution in [0.2, 0.25) is 0 Å². The first-order valence-electron chi connectivity index (χ1n) is 15.3. The Kier molecular flexibility index (Phi) is 7.93. The van der Waals surface area contributed by atoms with Crippen LogP contribution in [-0.4, -0.2) is 44.8 Å². The number of hydrogen-bond donors (Lipinski definition) is 3. The lowest BCUT2D eigenvalue weighted by Gasteiger charge is -2.39. The molecule has 3 aliphatic rings. The van der Waals surface area contributed by atoms with E-state index in [9.17, 15) is 9.59 Å². The van der Waals surface area contributed by atoms with E-state index in [1.54, 1.807) is 6.07 Å². The van der Waals surface area contributed by atoms with E-state index >= 15 is 0 Å². The van der Waals surface area contributed by atoms with Crippen LogP contribution in [0.5, 0.6) is 0 Å². The number of rotatable bonds is 9. The first kappa shape index (κ1) is 27.6. The lowest BCUT2D eigenvalue weighted by molar-refractivity contribution is -0.146. The molecule has 8 heteroatoms. The van der Waals surface area contributed by atoms with Crippen LogP contribution in [0.3, 0.4) is 0 Å². The summed E-state index contributed by atoms with van der Waals surface area (Å²) in [5.41, 5.74) is 8.93. The highest BCUT2D eigenvalue weighted by Crippen LogP contribution is 2.54. The smallest absolute Gasteiger partial charge is 0.246 e. The van der Waals surface area contributed by atoms with Gasteiger partial charge in [0.15, 0.2) is 0 Å². The fourth-order valence-electron chi connectivity index (χ4n) is 7.27. The van der Waals surface area contributed by atoms with Crippen molar-refractivity contribution in [3.05, 3.63) is 65.5 Å². The van der Waals surface area contributed by atoms with Gasteiger partial charge in [-0.3, -0.25) is 14.6 Å². The van der Waals surface area contributed by atoms with Gasteiger partial charge in [-0.25, -0.2) is 4.98 Å². The van der Waals surface area contributed by atoms with Gasteiger partial charge in [-0.05, 0) is 73.8 Å². The van der Waals surface area contributed by atoms with Crippen LogP contribution in [0.15, 0.2) is 48.7 Å². The monoisotopic (exact) mass is 554 g/mol. The second kappa shape index (κ2) is 11.8. The van der Waals surface area contributed by atoms with Gasteiger partial charge in [0.2, 0.25) is 11.8 Å². The van der Waals surface area contributed by atoms with Crippen molar-refractivity contribution in [2.24, 2.45) is 11.8 Å². The highest BCUT2D eigenvalue weighted by atomic mass is 16.2. The standard InChI is InChI=1S/C33H42N6O2/c1-22-24(13-14-30(34)38-22)20-37-32(41)33-19-26(33)10-7-17-39(33)31(40)29(18-23-8-3-2-4-9-23)36-21-25-15-16-35-28-12-6-5-11-27(25)28/h5-6,11-16,23,26,29,36H,2-4,7-10,17-21H2,1H3,(H2,34,38)(H,37,41)/t26-,29-,33+/m1/s1. The number of nitrogens with zero attached hydrogens (tertiary/aromatic N) is 3. The number of nitrogens with two attached hydrogens (primary N) is 1. The third-order valence-electron chi connectivity index (χ3n) is 9.67. The van der Waals surface area contributed by atoms with Crippen LogP contribution in [0, 0.1) is 18.8 Å². The predicted molar refractivity (Wildman–Crippen MR) is 161 cm³/mol. The molecule has 0 radical (unpaired) electrons. The molecule has 2 aromatic heterocycles. The minimum atomic E-state index is -0.736. The van der Waals surface area contributed by atoms with Crippen LogP contribution in [0.25, 0.3) is 10.9 Å². The molecule has 0 bridgehead atoms. The van der Waals surface area contributed by atoms with Crippen molar-refractivity contribution in [3.8, 4) is 0 Å². The van der Waals surface area contributed by atoms with E-state index in [0.717, 1.165) is 53.4 Å². The first-order chi connectivity index (χ1) is 20.0. The Morgan fingerprint density at radius 1 is 1.02 bits per heavy atom. The molecule has 0 spiro atoms. The number of fused-ring (bicyclic) bond motifs is 2. The van der Waals surface area contributed by atoms with Crippen molar-refractivity contribution in [2.75, 3.05) is 12.3 Å². The Morgan fingerprint density at radius 2 is 1.85 bits per heavy atom. The molecule has 4 N–H and O–H groups in total. The Labute approximate surface area is 242 Å².